The standard InChI is InChI=1S/C15H15F2NO2S2/c16-13-1-2-15(14(17)9-13)22(19,20)18-6-3-11(4-7-18)12-5-8-21-10-12/h1-2,5,8-11H,3-4,6-7H2. The number of nitrogens with zero attached hydrogens (tertiary/aromatic N) is 1. The van der Waals surface area contributed by atoms with Gasteiger partial charge in [0.15, 0.2) is 0 Å². The fourth-order valence-electron chi connectivity index (χ4n) is 2.76. The number of benzene rings is 1. The van der Waals surface area contributed by atoms with Gasteiger partial charge in [-0.3, -0.25) is 0 Å². The number of thiophene rings is 1. The van der Waals surface area contributed by atoms with Crippen molar-refractivity contribution in [1.29, 1.82) is 0 Å². The van der Waals surface area contributed by atoms with Crippen LogP contribution in [0.3, 0.4) is 0 Å². The number of halogens is 2. The normalized spacial score (nSPS) is 17.7. The third kappa shape index (κ3) is 2.93. The molecule has 0 atom stereocenters. The van der Waals surface area contributed by atoms with Gasteiger partial charge in [0.25, 0.3) is 0 Å². The molecule has 1 aliphatic heterocycles. The molecule has 0 bridgehead atoms. The maximum absolute atomic E-state index is 13.8. The lowest BCUT2D eigenvalue weighted by Gasteiger charge is -2.31. The molecule has 0 unspecified atom stereocenters. The summed E-state index contributed by atoms with van der Waals surface area (Å²) >= 11 is 1.62. The zero-order valence-corrected chi connectivity index (χ0v) is 13.3. The van der Waals surface area contributed by atoms with Crippen LogP contribution in [0, 0.1) is 11.6 Å². The van der Waals surface area contributed by atoms with Crippen molar-refractivity contribution in [2.75, 3.05) is 13.1 Å². The van der Waals surface area contributed by atoms with E-state index >= 15 is 0 Å². The monoisotopic (exact) mass is 343 g/mol. The van der Waals surface area contributed by atoms with E-state index in [0.717, 1.165) is 12.1 Å². The van der Waals surface area contributed by atoms with E-state index in [0.29, 0.717) is 37.9 Å². The van der Waals surface area contributed by atoms with Crippen LogP contribution < -0.4 is 0 Å². The molecule has 22 heavy (non-hydrogen) atoms. The highest BCUT2D eigenvalue weighted by Gasteiger charge is 2.31. The third-order valence-electron chi connectivity index (χ3n) is 3.98. The molecule has 0 saturated carbocycles. The zero-order valence-electron chi connectivity index (χ0n) is 11.7. The average molecular weight is 343 g/mol. The van der Waals surface area contributed by atoms with E-state index < -0.39 is 26.6 Å². The highest BCUT2D eigenvalue weighted by atomic mass is 32.2. The van der Waals surface area contributed by atoms with Crippen molar-refractivity contribution < 1.29 is 17.2 Å². The first-order chi connectivity index (χ1) is 10.5. The minimum absolute atomic E-state index is 0.343. The van der Waals surface area contributed by atoms with E-state index in [4.69, 9.17) is 0 Å². The first-order valence-corrected chi connectivity index (χ1v) is 9.34. The van der Waals surface area contributed by atoms with Gasteiger partial charge in [-0.1, -0.05) is 0 Å². The van der Waals surface area contributed by atoms with E-state index in [9.17, 15) is 17.2 Å². The number of piperidine rings is 1. The zero-order chi connectivity index (χ0) is 15.7. The van der Waals surface area contributed by atoms with Crippen molar-refractivity contribution in [3.05, 3.63) is 52.2 Å². The molecule has 118 valence electrons. The van der Waals surface area contributed by atoms with Gasteiger partial charge in [0.2, 0.25) is 10.0 Å². The maximum Gasteiger partial charge on any atom is 0.245 e. The Labute approximate surface area is 132 Å². The topological polar surface area (TPSA) is 37.4 Å². The summed E-state index contributed by atoms with van der Waals surface area (Å²) in [4.78, 5) is -0.456. The molecule has 0 aliphatic carbocycles. The molecule has 1 aromatic heterocycles. The average Bonchev–Trinajstić information content (AvgIpc) is 3.01. The Bertz CT molecular complexity index is 752. The molecule has 2 heterocycles. The van der Waals surface area contributed by atoms with E-state index in [1.807, 2.05) is 5.38 Å². The summed E-state index contributed by atoms with van der Waals surface area (Å²) in [5.41, 5.74) is 1.23. The summed E-state index contributed by atoms with van der Waals surface area (Å²) in [6, 6.07) is 4.61. The molecule has 0 amide bonds. The van der Waals surface area contributed by atoms with Crippen LogP contribution in [0.2, 0.25) is 0 Å². The van der Waals surface area contributed by atoms with Crippen molar-refractivity contribution in [3.8, 4) is 0 Å². The maximum atomic E-state index is 13.8. The van der Waals surface area contributed by atoms with E-state index in [1.54, 1.807) is 11.3 Å². The molecular formula is C15H15F2NO2S2. The Morgan fingerprint density at radius 2 is 1.86 bits per heavy atom. The highest BCUT2D eigenvalue weighted by Crippen LogP contribution is 2.32. The van der Waals surface area contributed by atoms with Gasteiger partial charge in [-0.25, -0.2) is 17.2 Å². The Morgan fingerprint density at radius 3 is 2.45 bits per heavy atom. The third-order valence-corrected chi connectivity index (χ3v) is 6.61. The van der Waals surface area contributed by atoms with E-state index in [-0.39, 0.29) is 0 Å². The van der Waals surface area contributed by atoms with Crippen LogP contribution >= 0.6 is 11.3 Å². The fraction of sp³-hybridized carbons (Fsp3) is 0.333. The van der Waals surface area contributed by atoms with Crippen molar-refractivity contribution in [3.63, 3.8) is 0 Å². The lowest BCUT2D eigenvalue weighted by Crippen LogP contribution is -2.38. The van der Waals surface area contributed by atoms with Crippen LogP contribution in [0.1, 0.15) is 24.3 Å². The smallest absolute Gasteiger partial charge is 0.207 e. The van der Waals surface area contributed by atoms with Crippen LogP contribution in [0.5, 0.6) is 0 Å². The Morgan fingerprint density at radius 1 is 1.14 bits per heavy atom. The second-order valence-corrected chi connectivity index (χ2v) is 8.00. The minimum Gasteiger partial charge on any atom is -0.207 e. The number of hydrogen-bond donors (Lipinski definition) is 0. The molecule has 7 heteroatoms. The van der Waals surface area contributed by atoms with E-state index in [1.165, 1.54) is 9.87 Å². The molecule has 2 aromatic rings. The van der Waals surface area contributed by atoms with Gasteiger partial charge < -0.3 is 0 Å². The predicted molar refractivity (Wildman–Crippen MR) is 81.4 cm³/mol. The first-order valence-electron chi connectivity index (χ1n) is 6.96. The van der Waals surface area contributed by atoms with Crippen LogP contribution in [0.4, 0.5) is 8.78 Å². The summed E-state index contributed by atoms with van der Waals surface area (Å²) in [7, 11) is -3.91. The molecular weight excluding hydrogens is 328 g/mol. The second kappa shape index (κ2) is 6.06. The molecule has 1 aromatic carbocycles. The quantitative estimate of drug-likeness (QED) is 0.854. The van der Waals surface area contributed by atoms with Crippen LogP contribution in [0.15, 0.2) is 39.9 Å². The first kappa shape index (κ1) is 15.6. The predicted octanol–water partition coefficient (Wildman–Crippen LogP) is 3.59. The largest absolute Gasteiger partial charge is 0.245 e. The number of sulfonamides is 1. The Balaban J connectivity index is 1.77. The van der Waals surface area contributed by atoms with Gasteiger partial charge in [-0.05, 0) is 53.3 Å². The minimum atomic E-state index is -3.91. The van der Waals surface area contributed by atoms with Crippen LogP contribution in [0.25, 0.3) is 0 Å². The molecule has 3 rings (SSSR count). The Hall–Kier alpha value is -1.31. The molecule has 0 N–H and O–H groups in total. The molecule has 0 spiro atoms. The number of rotatable bonds is 3. The lowest BCUT2D eigenvalue weighted by molar-refractivity contribution is 0.318. The molecule has 0 radical (unpaired) electrons. The summed E-state index contributed by atoms with van der Waals surface area (Å²) < 4.78 is 52.9. The highest BCUT2D eigenvalue weighted by molar-refractivity contribution is 7.89. The van der Waals surface area contributed by atoms with Crippen LogP contribution in [-0.4, -0.2) is 25.8 Å². The van der Waals surface area contributed by atoms with Gasteiger partial charge in [-0.2, -0.15) is 15.6 Å². The second-order valence-electron chi connectivity index (χ2n) is 5.31. The fourth-order valence-corrected chi connectivity index (χ4v) is 5.02. The van der Waals surface area contributed by atoms with Gasteiger partial charge in [0.1, 0.15) is 16.5 Å². The van der Waals surface area contributed by atoms with Gasteiger partial charge in [0.05, 0.1) is 0 Å². The lowest BCUT2D eigenvalue weighted by atomic mass is 9.92. The summed E-state index contributed by atoms with van der Waals surface area (Å²) in [6.45, 7) is 0.694. The molecule has 3 nitrogen and oxygen atoms in total. The van der Waals surface area contributed by atoms with Crippen molar-refractivity contribution >= 4 is 21.4 Å². The Kier molecular flexibility index (Phi) is 4.29. The molecule has 1 aliphatic rings. The number of hydrogen-bond acceptors (Lipinski definition) is 3. The van der Waals surface area contributed by atoms with Gasteiger partial charge in [0, 0.05) is 19.2 Å². The van der Waals surface area contributed by atoms with Crippen molar-refractivity contribution in [2.24, 2.45) is 0 Å². The SMILES string of the molecule is O=S(=O)(c1ccc(F)cc1F)N1CCC(c2ccsc2)CC1. The van der Waals surface area contributed by atoms with Crippen molar-refractivity contribution in [1.82, 2.24) is 4.31 Å². The van der Waals surface area contributed by atoms with Crippen LogP contribution in [-0.2, 0) is 10.0 Å². The summed E-state index contributed by atoms with van der Waals surface area (Å²) in [5.74, 6) is -1.48. The molecule has 1 fully saturated rings. The van der Waals surface area contributed by atoms with Crippen molar-refractivity contribution in [2.45, 2.75) is 23.7 Å². The summed E-state index contributed by atoms with van der Waals surface area (Å²) in [5, 5.41) is 4.08. The summed E-state index contributed by atoms with van der Waals surface area (Å²) in [6.07, 6.45) is 1.41. The van der Waals surface area contributed by atoms with Gasteiger partial charge >= 0.3 is 0 Å². The molecule has 1 saturated heterocycles. The van der Waals surface area contributed by atoms with Gasteiger partial charge in [-0.15, -0.1) is 0 Å². The van der Waals surface area contributed by atoms with E-state index in [2.05, 4.69) is 11.4 Å².